The van der Waals surface area contributed by atoms with Crippen LogP contribution in [0.3, 0.4) is 0 Å². The Bertz CT molecular complexity index is 982. The van der Waals surface area contributed by atoms with Crippen LogP contribution in [0.5, 0.6) is 0 Å². The minimum atomic E-state index is -3.69. The number of benzene rings is 2. The molecule has 31 heavy (non-hydrogen) atoms. The molecule has 0 aliphatic carbocycles. The Balaban J connectivity index is 2.28. The largest absolute Gasteiger partial charge is 0.355 e. The van der Waals surface area contributed by atoms with Crippen LogP contribution in [-0.4, -0.2) is 54.8 Å². The van der Waals surface area contributed by atoms with E-state index in [-0.39, 0.29) is 19.0 Å². The first-order chi connectivity index (χ1) is 14.6. The molecule has 1 atom stereocenters. The van der Waals surface area contributed by atoms with Gasteiger partial charge in [-0.15, -0.1) is 0 Å². The van der Waals surface area contributed by atoms with Crippen LogP contribution in [0.2, 0.25) is 0 Å². The van der Waals surface area contributed by atoms with E-state index in [1.807, 2.05) is 6.07 Å². The van der Waals surface area contributed by atoms with E-state index in [1.54, 1.807) is 38.1 Å². The lowest BCUT2D eigenvalue weighted by atomic mass is 10.1. The zero-order valence-electron chi connectivity index (χ0n) is 17.9. The molecule has 2 aromatic carbocycles. The van der Waals surface area contributed by atoms with Gasteiger partial charge in [0.1, 0.15) is 11.9 Å². The third-order valence-corrected chi connectivity index (χ3v) is 5.96. The highest BCUT2D eigenvalue weighted by molar-refractivity contribution is 7.88. The molecule has 0 heterocycles. The smallest absolute Gasteiger partial charge is 0.242 e. The summed E-state index contributed by atoms with van der Waals surface area (Å²) < 4.78 is 39.0. The van der Waals surface area contributed by atoms with Gasteiger partial charge in [0.15, 0.2) is 0 Å². The van der Waals surface area contributed by atoms with Crippen molar-refractivity contribution in [3.05, 3.63) is 71.5 Å². The van der Waals surface area contributed by atoms with Gasteiger partial charge in [0.2, 0.25) is 21.8 Å². The molecule has 0 bridgehead atoms. The Kier molecular flexibility index (Phi) is 8.70. The first-order valence-corrected chi connectivity index (χ1v) is 11.8. The second-order valence-electron chi connectivity index (χ2n) is 7.24. The minimum absolute atomic E-state index is 0.0331. The minimum Gasteiger partial charge on any atom is -0.355 e. The van der Waals surface area contributed by atoms with E-state index in [0.29, 0.717) is 12.1 Å². The summed E-state index contributed by atoms with van der Waals surface area (Å²) in [6, 6.07) is 13.7. The monoisotopic (exact) mass is 449 g/mol. The van der Waals surface area contributed by atoms with Gasteiger partial charge >= 0.3 is 0 Å². The second-order valence-corrected chi connectivity index (χ2v) is 9.22. The standard InChI is InChI=1S/C22H28FN3O4S/c1-4-24-22(28)17(2)26(15-19-10-12-20(23)13-11-19)21(27)16-25(31(3,29)30)14-18-8-6-5-7-9-18/h5-13,17H,4,14-16H2,1-3H3,(H,24,28)/t17-/m1/s1. The molecular formula is C22H28FN3O4S. The Labute approximate surface area is 182 Å². The fourth-order valence-corrected chi connectivity index (χ4v) is 3.74. The van der Waals surface area contributed by atoms with Gasteiger partial charge < -0.3 is 10.2 Å². The number of amides is 2. The van der Waals surface area contributed by atoms with Crippen LogP contribution < -0.4 is 5.32 Å². The summed E-state index contributed by atoms with van der Waals surface area (Å²) in [6.45, 7) is 3.39. The van der Waals surface area contributed by atoms with Crippen LogP contribution in [-0.2, 0) is 32.7 Å². The highest BCUT2D eigenvalue weighted by Gasteiger charge is 2.29. The van der Waals surface area contributed by atoms with E-state index < -0.39 is 34.3 Å². The molecule has 168 valence electrons. The molecule has 0 aromatic heterocycles. The quantitative estimate of drug-likeness (QED) is 0.602. The van der Waals surface area contributed by atoms with E-state index in [2.05, 4.69) is 5.32 Å². The summed E-state index contributed by atoms with van der Waals surface area (Å²) in [5.41, 5.74) is 1.36. The SMILES string of the molecule is CCNC(=O)[C@@H](C)N(Cc1ccc(F)cc1)C(=O)CN(Cc1ccccc1)S(C)(=O)=O. The van der Waals surface area contributed by atoms with Gasteiger partial charge in [-0.2, -0.15) is 4.31 Å². The molecule has 9 heteroatoms. The predicted molar refractivity (Wildman–Crippen MR) is 117 cm³/mol. The Morgan fingerprint density at radius 3 is 2.13 bits per heavy atom. The van der Waals surface area contributed by atoms with Crippen molar-refractivity contribution in [3.63, 3.8) is 0 Å². The molecule has 0 saturated heterocycles. The third-order valence-electron chi connectivity index (χ3n) is 4.77. The lowest BCUT2D eigenvalue weighted by Crippen LogP contribution is -2.50. The molecule has 0 aliphatic rings. The van der Waals surface area contributed by atoms with Gasteiger partial charge in [0.05, 0.1) is 12.8 Å². The van der Waals surface area contributed by atoms with E-state index in [0.717, 1.165) is 16.1 Å². The van der Waals surface area contributed by atoms with Crippen molar-refractivity contribution >= 4 is 21.8 Å². The Hall–Kier alpha value is -2.78. The number of nitrogens with zero attached hydrogens (tertiary/aromatic N) is 2. The van der Waals surface area contributed by atoms with Gasteiger partial charge in [-0.1, -0.05) is 42.5 Å². The van der Waals surface area contributed by atoms with E-state index in [1.165, 1.54) is 29.2 Å². The molecule has 7 nitrogen and oxygen atoms in total. The highest BCUT2D eigenvalue weighted by Crippen LogP contribution is 2.14. The number of rotatable bonds is 10. The fraction of sp³-hybridized carbons (Fsp3) is 0.364. The highest BCUT2D eigenvalue weighted by atomic mass is 32.2. The molecule has 1 N–H and O–H groups in total. The van der Waals surface area contributed by atoms with E-state index in [4.69, 9.17) is 0 Å². The number of likely N-dealkylation sites (N-methyl/N-ethyl adjacent to an activating group) is 1. The maximum atomic E-state index is 13.3. The van der Waals surface area contributed by atoms with Crippen molar-refractivity contribution in [2.75, 3.05) is 19.3 Å². The van der Waals surface area contributed by atoms with Gasteiger partial charge in [-0.25, -0.2) is 12.8 Å². The third kappa shape index (κ3) is 7.45. The van der Waals surface area contributed by atoms with Gasteiger partial charge in [0, 0.05) is 19.6 Å². The summed E-state index contributed by atoms with van der Waals surface area (Å²) in [5, 5.41) is 2.67. The van der Waals surface area contributed by atoms with Gasteiger partial charge in [0.25, 0.3) is 0 Å². The summed E-state index contributed by atoms with van der Waals surface area (Å²) in [7, 11) is -3.69. The average Bonchev–Trinajstić information content (AvgIpc) is 2.72. The number of hydrogen-bond acceptors (Lipinski definition) is 4. The van der Waals surface area contributed by atoms with Crippen LogP contribution >= 0.6 is 0 Å². The van der Waals surface area contributed by atoms with Crippen molar-refractivity contribution in [2.45, 2.75) is 33.0 Å². The Morgan fingerprint density at radius 1 is 1.00 bits per heavy atom. The van der Waals surface area contributed by atoms with Crippen molar-refractivity contribution in [1.29, 1.82) is 0 Å². The number of nitrogens with one attached hydrogen (secondary N) is 1. The van der Waals surface area contributed by atoms with E-state index >= 15 is 0 Å². The van der Waals surface area contributed by atoms with Gasteiger partial charge in [-0.05, 0) is 37.1 Å². The van der Waals surface area contributed by atoms with E-state index in [9.17, 15) is 22.4 Å². The van der Waals surface area contributed by atoms with Crippen LogP contribution in [0.15, 0.2) is 54.6 Å². The molecule has 0 aliphatic heterocycles. The van der Waals surface area contributed by atoms with Crippen molar-refractivity contribution in [2.24, 2.45) is 0 Å². The summed E-state index contributed by atoms with van der Waals surface area (Å²) in [4.78, 5) is 26.9. The number of carbonyl (C=O) groups excluding carboxylic acids is 2. The molecule has 0 fully saturated rings. The van der Waals surface area contributed by atoms with Crippen LogP contribution in [0.25, 0.3) is 0 Å². The summed E-state index contributed by atoms with van der Waals surface area (Å²) in [6.07, 6.45) is 1.04. The van der Waals surface area contributed by atoms with Gasteiger partial charge in [-0.3, -0.25) is 9.59 Å². The van der Waals surface area contributed by atoms with Crippen molar-refractivity contribution in [1.82, 2.24) is 14.5 Å². The summed E-state index contributed by atoms with van der Waals surface area (Å²) in [5.74, 6) is -1.29. The molecule has 2 aromatic rings. The van der Waals surface area contributed by atoms with Crippen molar-refractivity contribution in [3.8, 4) is 0 Å². The summed E-state index contributed by atoms with van der Waals surface area (Å²) >= 11 is 0. The molecule has 2 rings (SSSR count). The predicted octanol–water partition coefficient (Wildman–Crippen LogP) is 2.14. The molecule has 0 spiro atoms. The molecular weight excluding hydrogens is 421 g/mol. The van der Waals surface area contributed by atoms with Crippen LogP contribution in [0.1, 0.15) is 25.0 Å². The molecule has 0 saturated carbocycles. The maximum Gasteiger partial charge on any atom is 0.242 e. The molecule has 0 unspecified atom stereocenters. The second kappa shape index (κ2) is 11.0. The number of halogens is 1. The fourth-order valence-electron chi connectivity index (χ4n) is 3.01. The number of carbonyl (C=O) groups is 2. The zero-order chi connectivity index (χ0) is 23.0. The lowest BCUT2D eigenvalue weighted by molar-refractivity contribution is -0.140. The van der Waals surface area contributed by atoms with Crippen LogP contribution in [0.4, 0.5) is 4.39 Å². The zero-order valence-corrected chi connectivity index (χ0v) is 18.7. The Morgan fingerprint density at radius 2 is 1.58 bits per heavy atom. The first-order valence-electron chi connectivity index (χ1n) is 9.92. The number of sulfonamides is 1. The topological polar surface area (TPSA) is 86.8 Å². The lowest BCUT2D eigenvalue weighted by Gasteiger charge is -2.30. The average molecular weight is 450 g/mol. The molecule has 2 amide bonds. The molecule has 0 radical (unpaired) electrons. The maximum absolute atomic E-state index is 13.3. The normalized spacial score (nSPS) is 12.4. The number of hydrogen-bond donors (Lipinski definition) is 1. The first kappa shape index (κ1) is 24.5. The van der Waals surface area contributed by atoms with Crippen LogP contribution in [0, 0.1) is 5.82 Å². The van der Waals surface area contributed by atoms with Crippen molar-refractivity contribution < 1.29 is 22.4 Å².